The summed E-state index contributed by atoms with van der Waals surface area (Å²) >= 11 is 1.32. The standard InChI is InChI=1S/C22H19NO5S/c1-2-26-22(25)15-12-19(14-8-4-3-5-9-14)29-21(15)23-20(24)18-13-27-16-10-6-7-11-17(16)28-18/h3-12,18H,2,13H2,1H3,(H,23,24). The minimum Gasteiger partial charge on any atom is -0.485 e. The van der Waals surface area contributed by atoms with Gasteiger partial charge < -0.3 is 19.5 Å². The van der Waals surface area contributed by atoms with E-state index in [-0.39, 0.29) is 19.1 Å². The van der Waals surface area contributed by atoms with Crippen molar-refractivity contribution in [3.05, 3.63) is 66.2 Å². The molecule has 29 heavy (non-hydrogen) atoms. The van der Waals surface area contributed by atoms with E-state index in [0.717, 1.165) is 10.4 Å². The second-order valence-corrected chi connectivity index (χ2v) is 7.35. The molecule has 6 nitrogen and oxygen atoms in total. The third-order valence-corrected chi connectivity index (χ3v) is 5.42. The number of rotatable bonds is 5. The molecule has 1 N–H and O–H groups in total. The molecule has 1 aliphatic heterocycles. The molecule has 0 spiro atoms. The number of thiophene rings is 1. The summed E-state index contributed by atoms with van der Waals surface area (Å²) < 4.78 is 16.5. The molecule has 0 aliphatic carbocycles. The molecule has 1 aliphatic rings. The van der Waals surface area contributed by atoms with Gasteiger partial charge in [0.2, 0.25) is 6.10 Å². The number of hydrogen-bond acceptors (Lipinski definition) is 6. The summed E-state index contributed by atoms with van der Waals surface area (Å²) in [6.45, 7) is 2.08. The van der Waals surface area contributed by atoms with Crippen LogP contribution in [-0.2, 0) is 9.53 Å². The van der Waals surface area contributed by atoms with Gasteiger partial charge in [0, 0.05) is 4.88 Å². The molecule has 0 bridgehead atoms. The Morgan fingerprint density at radius 2 is 1.83 bits per heavy atom. The molecule has 1 aromatic heterocycles. The predicted molar refractivity (Wildman–Crippen MR) is 111 cm³/mol. The van der Waals surface area contributed by atoms with Gasteiger partial charge in [0.05, 0.1) is 12.2 Å². The molecule has 1 atom stereocenters. The Labute approximate surface area is 172 Å². The lowest BCUT2D eigenvalue weighted by molar-refractivity contribution is -0.125. The van der Waals surface area contributed by atoms with Crippen LogP contribution in [0.3, 0.4) is 0 Å². The summed E-state index contributed by atoms with van der Waals surface area (Å²) in [4.78, 5) is 26.1. The van der Waals surface area contributed by atoms with Crippen LogP contribution in [0.1, 0.15) is 17.3 Å². The van der Waals surface area contributed by atoms with Crippen LogP contribution in [0.15, 0.2) is 60.7 Å². The van der Waals surface area contributed by atoms with E-state index in [9.17, 15) is 9.59 Å². The first-order chi connectivity index (χ1) is 14.2. The Hall–Kier alpha value is -3.32. The van der Waals surface area contributed by atoms with Gasteiger partial charge in [0.1, 0.15) is 11.6 Å². The zero-order chi connectivity index (χ0) is 20.2. The first-order valence-corrected chi connectivity index (χ1v) is 10.0. The van der Waals surface area contributed by atoms with E-state index >= 15 is 0 Å². The number of nitrogens with one attached hydrogen (secondary N) is 1. The average Bonchev–Trinajstić information content (AvgIpc) is 3.18. The van der Waals surface area contributed by atoms with E-state index < -0.39 is 12.1 Å². The van der Waals surface area contributed by atoms with E-state index in [2.05, 4.69) is 5.32 Å². The van der Waals surface area contributed by atoms with Crippen molar-refractivity contribution >= 4 is 28.2 Å². The Morgan fingerprint density at radius 1 is 1.10 bits per heavy atom. The van der Waals surface area contributed by atoms with Gasteiger partial charge >= 0.3 is 5.97 Å². The van der Waals surface area contributed by atoms with Crippen molar-refractivity contribution in [2.45, 2.75) is 13.0 Å². The quantitative estimate of drug-likeness (QED) is 0.634. The predicted octanol–water partition coefficient (Wildman–Crippen LogP) is 4.37. The third kappa shape index (κ3) is 4.09. The Kier molecular flexibility index (Phi) is 5.48. The maximum atomic E-state index is 12.8. The highest BCUT2D eigenvalue weighted by Crippen LogP contribution is 2.37. The summed E-state index contributed by atoms with van der Waals surface area (Å²) in [5.74, 6) is 0.255. The molecule has 7 heteroatoms. The number of para-hydroxylation sites is 2. The maximum Gasteiger partial charge on any atom is 0.341 e. The third-order valence-electron chi connectivity index (χ3n) is 4.32. The lowest BCUT2D eigenvalue weighted by Crippen LogP contribution is -2.40. The van der Waals surface area contributed by atoms with Crippen LogP contribution in [0.5, 0.6) is 11.5 Å². The smallest absolute Gasteiger partial charge is 0.341 e. The SMILES string of the molecule is CCOC(=O)c1cc(-c2ccccc2)sc1NC(=O)C1COc2ccccc2O1. The van der Waals surface area contributed by atoms with Crippen molar-refractivity contribution in [1.82, 2.24) is 0 Å². The van der Waals surface area contributed by atoms with Crippen LogP contribution >= 0.6 is 11.3 Å². The van der Waals surface area contributed by atoms with E-state index in [1.807, 2.05) is 42.5 Å². The van der Waals surface area contributed by atoms with E-state index in [1.54, 1.807) is 25.1 Å². The topological polar surface area (TPSA) is 73.9 Å². The molecule has 0 saturated heterocycles. The monoisotopic (exact) mass is 409 g/mol. The number of carbonyl (C=O) groups excluding carboxylic acids is 2. The van der Waals surface area contributed by atoms with Crippen LogP contribution in [0, 0.1) is 0 Å². The molecule has 3 aromatic rings. The van der Waals surface area contributed by atoms with Crippen LogP contribution in [0.25, 0.3) is 10.4 Å². The zero-order valence-electron chi connectivity index (χ0n) is 15.7. The fraction of sp³-hybridized carbons (Fsp3) is 0.182. The summed E-state index contributed by atoms with van der Waals surface area (Å²) in [5.41, 5.74) is 1.27. The Morgan fingerprint density at radius 3 is 2.59 bits per heavy atom. The fourth-order valence-electron chi connectivity index (χ4n) is 2.93. The molecule has 0 fully saturated rings. The number of ether oxygens (including phenoxy) is 3. The number of anilines is 1. The highest BCUT2D eigenvalue weighted by molar-refractivity contribution is 7.20. The summed E-state index contributed by atoms with van der Waals surface area (Å²) in [7, 11) is 0. The average molecular weight is 409 g/mol. The van der Waals surface area contributed by atoms with Crippen molar-refractivity contribution in [1.29, 1.82) is 0 Å². The van der Waals surface area contributed by atoms with Crippen LogP contribution in [0.2, 0.25) is 0 Å². The van der Waals surface area contributed by atoms with Gasteiger partial charge in [-0.2, -0.15) is 0 Å². The maximum absolute atomic E-state index is 12.8. The summed E-state index contributed by atoms with van der Waals surface area (Å²) in [6.07, 6.45) is -0.817. The minimum atomic E-state index is -0.817. The molecule has 0 saturated carbocycles. The summed E-state index contributed by atoms with van der Waals surface area (Å²) in [6, 6.07) is 18.6. The number of benzene rings is 2. The molecule has 148 valence electrons. The number of carbonyl (C=O) groups is 2. The number of amides is 1. The number of hydrogen-bond donors (Lipinski definition) is 1. The molecular formula is C22H19NO5S. The van der Waals surface area contributed by atoms with Gasteiger partial charge in [0.25, 0.3) is 5.91 Å². The van der Waals surface area contributed by atoms with Crippen molar-refractivity contribution in [3.8, 4) is 21.9 Å². The zero-order valence-corrected chi connectivity index (χ0v) is 16.5. The molecule has 2 heterocycles. The van der Waals surface area contributed by atoms with Crippen molar-refractivity contribution in [3.63, 3.8) is 0 Å². The van der Waals surface area contributed by atoms with Gasteiger partial charge in [0.15, 0.2) is 11.5 Å². The van der Waals surface area contributed by atoms with Gasteiger partial charge in [-0.05, 0) is 30.7 Å². The van der Waals surface area contributed by atoms with Crippen LogP contribution in [-0.4, -0.2) is 31.2 Å². The van der Waals surface area contributed by atoms with E-state index in [4.69, 9.17) is 14.2 Å². The highest BCUT2D eigenvalue weighted by atomic mass is 32.1. The lowest BCUT2D eigenvalue weighted by Gasteiger charge is -2.25. The minimum absolute atomic E-state index is 0.0918. The molecule has 0 radical (unpaired) electrons. The van der Waals surface area contributed by atoms with Crippen molar-refractivity contribution in [2.24, 2.45) is 0 Å². The van der Waals surface area contributed by atoms with Crippen molar-refractivity contribution < 1.29 is 23.8 Å². The molecule has 2 aromatic carbocycles. The number of esters is 1. The Bertz CT molecular complexity index is 1030. The Balaban J connectivity index is 1.58. The van der Waals surface area contributed by atoms with Crippen LogP contribution < -0.4 is 14.8 Å². The first kappa shape index (κ1) is 19.0. The van der Waals surface area contributed by atoms with Gasteiger partial charge in [-0.25, -0.2) is 4.79 Å². The second-order valence-electron chi connectivity index (χ2n) is 6.29. The fourth-order valence-corrected chi connectivity index (χ4v) is 3.98. The largest absolute Gasteiger partial charge is 0.485 e. The molecule has 1 amide bonds. The van der Waals surface area contributed by atoms with Gasteiger partial charge in [-0.1, -0.05) is 42.5 Å². The van der Waals surface area contributed by atoms with Gasteiger partial charge in [-0.15, -0.1) is 11.3 Å². The van der Waals surface area contributed by atoms with Crippen molar-refractivity contribution in [2.75, 3.05) is 18.5 Å². The first-order valence-electron chi connectivity index (χ1n) is 9.21. The summed E-state index contributed by atoms with van der Waals surface area (Å²) in [5, 5.41) is 3.24. The lowest BCUT2D eigenvalue weighted by atomic mass is 10.1. The molecule has 1 unspecified atom stereocenters. The normalized spacial score (nSPS) is 14.9. The highest BCUT2D eigenvalue weighted by Gasteiger charge is 2.29. The molecule has 4 rings (SSSR count). The van der Waals surface area contributed by atoms with Crippen LogP contribution in [0.4, 0.5) is 5.00 Å². The van der Waals surface area contributed by atoms with Gasteiger partial charge in [-0.3, -0.25) is 4.79 Å². The van der Waals surface area contributed by atoms with E-state index in [1.165, 1.54) is 11.3 Å². The van der Waals surface area contributed by atoms with E-state index in [0.29, 0.717) is 22.1 Å². The number of fused-ring (bicyclic) bond motifs is 1. The molecular weight excluding hydrogens is 390 g/mol. The second kappa shape index (κ2) is 8.36.